The predicted molar refractivity (Wildman–Crippen MR) is 86.5 cm³/mol. The Bertz CT molecular complexity index is 518. The van der Waals surface area contributed by atoms with Gasteiger partial charge in [0.15, 0.2) is 0 Å². The lowest BCUT2D eigenvalue weighted by Gasteiger charge is -2.33. The van der Waals surface area contributed by atoms with E-state index in [4.69, 9.17) is 10.5 Å². The summed E-state index contributed by atoms with van der Waals surface area (Å²) >= 11 is 3.47. The van der Waals surface area contributed by atoms with Gasteiger partial charge >= 0.3 is 0 Å². The average Bonchev–Trinajstić information content (AvgIpc) is 2.53. The van der Waals surface area contributed by atoms with Crippen molar-refractivity contribution in [2.45, 2.75) is 31.6 Å². The third-order valence-electron chi connectivity index (χ3n) is 4.19. The molecule has 0 unspecified atom stereocenters. The molecule has 110 valence electrons. The largest absolute Gasteiger partial charge is 0.302 e. The highest BCUT2D eigenvalue weighted by molar-refractivity contribution is 9.10. The molecule has 3 nitrogen and oxygen atoms in total. The van der Waals surface area contributed by atoms with Gasteiger partial charge in [0.25, 0.3) is 0 Å². The van der Waals surface area contributed by atoms with Crippen LogP contribution in [0.4, 0.5) is 0 Å². The molecule has 1 aromatic carbocycles. The molecule has 1 aliphatic rings. The van der Waals surface area contributed by atoms with Crippen molar-refractivity contribution in [1.82, 2.24) is 4.90 Å². The van der Waals surface area contributed by atoms with Crippen LogP contribution in [-0.2, 0) is 0 Å². The highest BCUT2D eigenvalue weighted by Gasteiger charge is 2.22. The third-order valence-corrected chi connectivity index (χ3v) is 4.72. The first-order valence-electron chi connectivity index (χ1n) is 7.47. The van der Waals surface area contributed by atoms with Gasteiger partial charge in [0, 0.05) is 17.4 Å². The molecule has 0 aromatic heterocycles. The monoisotopic (exact) mass is 345 g/mol. The van der Waals surface area contributed by atoms with E-state index in [9.17, 15) is 0 Å². The van der Waals surface area contributed by atoms with Crippen LogP contribution in [0.25, 0.3) is 0 Å². The number of likely N-dealkylation sites (tertiary alicyclic amines) is 1. The number of hydrogen-bond donors (Lipinski definition) is 0. The molecule has 0 bridgehead atoms. The Labute approximate surface area is 135 Å². The summed E-state index contributed by atoms with van der Waals surface area (Å²) in [6, 6.07) is 13.1. The van der Waals surface area contributed by atoms with Gasteiger partial charge in [-0.15, -0.1) is 0 Å². The van der Waals surface area contributed by atoms with Gasteiger partial charge < -0.3 is 4.90 Å². The zero-order valence-corrected chi connectivity index (χ0v) is 13.7. The van der Waals surface area contributed by atoms with E-state index >= 15 is 0 Å². The first-order valence-corrected chi connectivity index (χ1v) is 8.26. The summed E-state index contributed by atoms with van der Waals surface area (Å²) in [6.45, 7) is 2.90. The normalized spacial score (nSPS) is 17.9. The SMILES string of the molecule is N#CCC[C@@H](C#N)CN1CCC(c2ccc(Br)cc2)CC1. The minimum Gasteiger partial charge on any atom is -0.302 e. The standard InChI is InChI=1S/C17H20BrN3/c18-17-5-3-15(4-6-17)16-7-10-21(11-8-16)13-14(12-20)2-1-9-19/h3-6,14,16H,1-2,7-8,10-11,13H2/t14-/m0/s1. The zero-order valence-electron chi connectivity index (χ0n) is 12.1. The minimum atomic E-state index is -0.00567. The van der Waals surface area contributed by atoms with Crippen LogP contribution in [0.2, 0.25) is 0 Å². The van der Waals surface area contributed by atoms with Crippen molar-refractivity contribution in [3.05, 3.63) is 34.3 Å². The Hall–Kier alpha value is -1.36. The van der Waals surface area contributed by atoms with Crippen molar-refractivity contribution in [2.75, 3.05) is 19.6 Å². The average molecular weight is 346 g/mol. The molecular formula is C17H20BrN3. The summed E-state index contributed by atoms with van der Waals surface area (Å²) in [5.41, 5.74) is 1.42. The number of halogens is 1. The maximum atomic E-state index is 9.15. The third kappa shape index (κ3) is 4.84. The van der Waals surface area contributed by atoms with Crippen LogP contribution in [0.3, 0.4) is 0 Å². The van der Waals surface area contributed by atoms with Crippen LogP contribution in [0.1, 0.15) is 37.2 Å². The zero-order chi connectivity index (χ0) is 15.1. The smallest absolute Gasteiger partial charge is 0.0669 e. The fraction of sp³-hybridized carbons (Fsp3) is 0.529. The second-order valence-corrected chi connectivity index (χ2v) is 6.56. The van der Waals surface area contributed by atoms with Crippen molar-refractivity contribution in [2.24, 2.45) is 5.92 Å². The molecule has 0 aliphatic carbocycles. The molecular weight excluding hydrogens is 326 g/mol. The van der Waals surface area contributed by atoms with Crippen LogP contribution < -0.4 is 0 Å². The fourth-order valence-corrected chi connectivity index (χ4v) is 3.20. The highest BCUT2D eigenvalue weighted by Crippen LogP contribution is 2.29. The second kappa shape index (κ2) is 8.17. The van der Waals surface area contributed by atoms with Gasteiger partial charge in [0.1, 0.15) is 0 Å². The number of nitriles is 2. The van der Waals surface area contributed by atoms with E-state index in [1.54, 1.807) is 0 Å². The lowest BCUT2D eigenvalue weighted by atomic mass is 9.89. The molecule has 1 fully saturated rings. The van der Waals surface area contributed by atoms with Gasteiger partial charge in [-0.1, -0.05) is 28.1 Å². The lowest BCUT2D eigenvalue weighted by Crippen LogP contribution is -2.36. The van der Waals surface area contributed by atoms with Gasteiger partial charge in [-0.2, -0.15) is 10.5 Å². The summed E-state index contributed by atoms with van der Waals surface area (Å²) in [4.78, 5) is 2.38. The van der Waals surface area contributed by atoms with Crippen molar-refractivity contribution in [3.8, 4) is 12.1 Å². The maximum Gasteiger partial charge on any atom is 0.0669 e. The molecule has 0 saturated carbocycles. The van der Waals surface area contributed by atoms with E-state index in [1.807, 2.05) is 0 Å². The molecule has 0 radical (unpaired) electrons. The molecule has 1 atom stereocenters. The molecule has 2 rings (SSSR count). The van der Waals surface area contributed by atoms with Gasteiger partial charge in [0.05, 0.1) is 18.1 Å². The number of nitrogens with zero attached hydrogens (tertiary/aromatic N) is 3. The molecule has 1 saturated heterocycles. The number of piperidine rings is 1. The van der Waals surface area contributed by atoms with E-state index < -0.39 is 0 Å². The van der Waals surface area contributed by atoms with Crippen molar-refractivity contribution >= 4 is 15.9 Å². The van der Waals surface area contributed by atoms with E-state index in [2.05, 4.69) is 57.2 Å². The summed E-state index contributed by atoms with van der Waals surface area (Å²) < 4.78 is 1.12. The Kier molecular flexibility index (Phi) is 6.23. The van der Waals surface area contributed by atoms with Crippen molar-refractivity contribution < 1.29 is 0 Å². The molecule has 0 N–H and O–H groups in total. The number of hydrogen-bond acceptors (Lipinski definition) is 3. The van der Waals surface area contributed by atoms with Crippen LogP contribution in [0.5, 0.6) is 0 Å². The van der Waals surface area contributed by atoms with E-state index in [1.165, 1.54) is 5.56 Å². The molecule has 21 heavy (non-hydrogen) atoms. The molecule has 1 aromatic rings. The lowest BCUT2D eigenvalue weighted by molar-refractivity contribution is 0.193. The van der Waals surface area contributed by atoms with E-state index in [0.29, 0.717) is 18.8 Å². The first-order chi connectivity index (χ1) is 10.2. The molecule has 1 aliphatic heterocycles. The topological polar surface area (TPSA) is 50.8 Å². The van der Waals surface area contributed by atoms with Crippen molar-refractivity contribution in [3.63, 3.8) is 0 Å². The number of benzene rings is 1. The summed E-state index contributed by atoms with van der Waals surface area (Å²) in [6.07, 6.45) is 3.48. The predicted octanol–water partition coefficient (Wildman–Crippen LogP) is 4.07. The van der Waals surface area contributed by atoms with Gasteiger partial charge in [-0.25, -0.2) is 0 Å². The van der Waals surface area contributed by atoms with Crippen LogP contribution in [-0.4, -0.2) is 24.5 Å². The molecule has 1 heterocycles. The minimum absolute atomic E-state index is 0.00567. The van der Waals surface area contributed by atoms with Crippen LogP contribution in [0.15, 0.2) is 28.7 Å². The first kappa shape index (κ1) is 16.0. The van der Waals surface area contributed by atoms with Crippen molar-refractivity contribution in [1.29, 1.82) is 10.5 Å². The Balaban J connectivity index is 1.81. The molecule has 0 spiro atoms. The highest BCUT2D eigenvalue weighted by atomic mass is 79.9. The van der Waals surface area contributed by atoms with Gasteiger partial charge in [-0.05, 0) is 56.0 Å². The van der Waals surface area contributed by atoms with Crippen LogP contribution >= 0.6 is 15.9 Å². The number of rotatable bonds is 5. The van der Waals surface area contributed by atoms with E-state index in [0.717, 1.165) is 36.9 Å². The molecule has 0 amide bonds. The second-order valence-electron chi connectivity index (χ2n) is 5.65. The fourth-order valence-electron chi connectivity index (χ4n) is 2.93. The van der Waals surface area contributed by atoms with Gasteiger partial charge in [0.2, 0.25) is 0 Å². The Morgan fingerprint density at radius 2 is 1.86 bits per heavy atom. The Morgan fingerprint density at radius 3 is 2.43 bits per heavy atom. The quantitative estimate of drug-likeness (QED) is 0.807. The van der Waals surface area contributed by atoms with E-state index in [-0.39, 0.29) is 5.92 Å². The molecule has 4 heteroatoms. The maximum absolute atomic E-state index is 9.15. The summed E-state index contributed by atoms with van der Waals surface area (Å²) in [7, 11) is 0. The van der Waals surface area contributed by atoms with Crippen LogP contribution in [0, 0.1) is 28.6 Å². The van der Waals surface area contributed by atoms with Gasteiger partial charge in [-0.3, -0.25) is 0 Å². The Morgan fingerprint density at radius 1 is 1.19 bits per heavy atom. The summed E-state index contributed by atoms with van der Waals surface area (Å²) in [5.74, 6) is 0.628. The summed E-state index contributed by atoms with van der Waals surface area (Å²) in [5, 5.41) is 17.8.